The van der Waals surface area contributed by atoms with Crippen molar-refractivity contribution in [1.82, 2.24) is 9.47 Å². The molecule has 0 spiro atoms. The van der Waals surface area contributed by atoms with E-state index in [2.05, 4.69) is 47.8 Å². The number of hydrogen-bond acceptors (Lipinski definition) is 2. The number of aromatic nitrogens is 1. The molecule has 0 atom stereocenters. The summed E-state index contributed by atoms with van der Waals surface area (Å²) in [6.07, 6.45) is 4.53. The average molecular weight is 267 g/mol. The van der Waals surface area contributed by atoms with Crippen LogP contribution in [0.1, 0.15) is 31.0 Å². The van der Waals surface area contributed by atoms with Gasteiger partial charge in [-0.2, -0.15) is 5.26 Å². The molecule has 3 heteroatoms. The minimum absolute atomic E-state index is 0.697. The van der Waals surface area contributed by atoms with E-state index < -0.39 is 0 Å². The molecule has 0 radical (unpaired) electrons. The maximum atomic E-state index is 8.85. The number of nitriles is 1. The van der Waals surface area contributed by atoms with Crippen molar-refractivity contribution in [3.05, 3.63) is 53.9 Å². The number of nitrogens with zero attached hydrogens (tertiary/aromatic N) is 3. The largest absolute Gasteiger partial charge is 0.320 e. The van der Waals surface area contributed by atoms with Gasteiger partial charge in [0.15, 0.2) is 0 Å². The summed E-state index contributed by atoms with van der Waals surface area (Å²) >= 11 is 0. The van der Waals surface area contributed by atoms with Gasteiger partial charge in [-0.05, 0) is 56.4 Å². The highest BCUT2D eigenvalue weighted by molar-refractivity contribution is 5.41. The standard InChI is InChI=1S/C17H21N3/c1-3-4-11-19(2)14-17-6-5-12-20(17)16-9-7-15(13-18)8-10-16/h5-10,12H,3-4,11,14H2,1-2H3. The van der Waals surface area contributed by atoms with Crippen LogP contribution < -0.4 is 0 Å². The molecule has 2 aromatic rings. The molecule has 0 aliphatic heterocycles. The molecule has 1 heterocycles. The van der Waals surface area contributed by atoms with Gasteiger partial charge in [0.25, 0.3) is 0 Å². The molecule has 0 aliphatic carbocycles. The van der Waals surface area contributed by atoms with Gasteiger partial charge in [-0.3, -0.25) is 0 Å². The van der Waals surface area contributed by atoms with Crippen molar-refractivity contribution < 1.29 is 0 Å². The Labute approximate surface area is 121 Å². The second-order valence-electron chi connectivity index (χ2n) is 5.12. The fourth-order valence-corrected chi connectivity index (χ4v) is 2.28. The van der Waals surface area contributed by atoms with Crippen LogP contribution in [0.15, 0.2) is 42.6 Å². The number of benzene rings is 1. The van der Waals surface area contributed by atoms with Crippen LogP contribution in [-0.4, -0.2) is 23.1 Å². The van der Waals surface area contributed by atoms with E-state index in [1.165, 1.54) is 18.5 Å². The highest BCUT2D eigenvalue weighted by Crippen LogP contribution is 2.15. The van der Waals surface area contributed by atoms with E-state index in [0.29, 0.717) is 5.56 Å². The third-order valence-electron chi connectivity index (χ3n) is 3.43. The molecule has 0 amide bonds. The first-order valence-electron chi connectivity index (χ1n) is 7.10. The zero-order valence-electron chi connectivity index (χ0n) is 12.2. The molecular weight excluding hydrogens is 246 g/mol. The van der Waals surface area contributed by atoms with Gasteiger partial charge < -0.3 is 9.47 Å². The Balaban J connectivity index is 2.13. The molecule has 2 rings (SSSR count). The van der Waals surface area contributed by atoms with Crippen molar-refractivity contribution in [2.45, 2.75) is 26.3 Å². The SMILES string of the molecule is CCCCN(C)Cc1cccn1-c1ccc(C#N)cc1. The molecule has 0 fully saturated rings. The van der Waals surface area contributed by atoms with Gasteiger partial charge in [0.1, 0.15) is 0 Å². The van der Waals surface area contributed by atoms with Gasteiger partial charge in [-0.25, -0.2) is 0 Å². The predicted molar refractivity (Wildman–Crippen MR) is 81.7 cm³/mol. The van der Waals surface area contributed by atoms with Crippen molar-refractivity contribution in [3.63, 3.8) is 0 Å². The topological polar surface area (TPSA) is 32.0 Å². The van der Waals surface area contributed by atoms with Gasteiger partial charge >= 0.3 is 0 Å². The number of rotatable bonds is 6. The lowest BCUT2D eigenvalue weighted by atomic mass is 10.2. The lowest BCUT2D eigenvalue weighted by Crippen LogP contribution is -2.20. The van der Waals surface area contributed by atoms with E-state index in [0.717, 1.165) is 18.8 Å². The van der Waals surface area contributed by atoms with Gasteiger partial charge in [-0.1, -0.05) is 13.3 Å². The molecule has 0 unspecified atom stereocenters. The van der Waals surface area contributed by atoms with E-state index in [1.54, 1.807) is 0 Å². The van der Waals surface area contributed by atoms with Crippen LogP contribution in [0.3, 0.4) is 0 Å². The second-order valence-corrected chi connectivity index (χ2v) is 5.12. The zero-order chi connectivity index (χ0) is 14.4. The lowest BCUT2D eigenvalue weighted by Gasteiger charge is -2.18. The summed E-state index contributed by atoms with van der Waals surface area (Å²) < 4.78 is 2.18. The molecule has 20 heavy (non-hydrogen) atoms. The van der Waals surface area contributed by atoms with Crippen LogP contribution in [0.2, 0.25) is 0 Å². The molecule has 0 saturated carbocycles. The van der Waals surface area contributed by atoms with Crippen molar-refractivity contribution in [2.75, 3.05) is 13.6 Å². The normalized spacial score (nSPS) is 10.7. The van der Waals surface area contributed by atoms with Crippen molar-refractivity contribution >= 4 is 0 Å². The first kappa shape index (κ1) is 14.4. The third kappa shape index (κ3) is 3.49. The summed E-state index contributed by atoms with van der Waals surface area (Å²) in [5.41, 5.74) is 3.07. The highest BCUT2D eigenvalue weighted by atomic mass is 15.1. The Kier molecular flexibility index (Phi) is 4.97. The Bertz CT molecular complexity index is 575. The maximum absolute atomic E-state index is 8.85. The molecular formula is C17H21N3. The average Bonchev–Trinajstić information content (AvgIpc) is 2.93. The third-order valence-corrected chi connectivity index (χ3v) is 3.43. The van der Waals surface area contributed by atoms with E-state index >= 15 is 0 Å². The van der Waals surface area contributed by atoms with E-state index in [4.69, 9.17) is 5.26 Å². The van der Waals surface area contributed by atoms with Crippen LogP contribution in [0.4, 0.5) is 0 Å². The minimum atomic E-state index is 0.697. The van der Waals surface area contributed by atoms with Crippen molar-refractivity contribution in [2.24, 2.45) is 0 Å². The molecule has 104 valence electrons. The maximum Gasteiger partial charge on any atom is 0.0991 e. The molecule has 0 aliphatic rings. The van der Waals surface area contributed by atoms with Crippen molar-refractivity contribution in [3.8, 4) is 11.8 Å². The monoisotopic (exact) mass is 267 g/mol. The van der Waals surface area contributed by atoms with Crippen LogP contribution in [0.5, 0.6) is 0 Å². The van der Waals surface area contributed by atoms with Crippen LogP contribution in [-0.2, 0) is 6.54 Å². The van der Waals surface area contributed by atoms with E-state index in [9.17, 15) is 0 Å². The summed E-state index contributed by atoms with van der Waals surface area (Å²) in [6.45, 7) is 4.27. The Morgan fingerprint density at radius 1 is 1.20 bits per heavy atom. The quantitative estimate of drug-likeness (QED) is 0.801. The minimum Gasteiger partial charge on any atom is -0.320 e. The van der Waals surface area contributed by atoms with Gasteiger partial charge in [-0.15, -0.1) is 0 Å². The Morgan fingerprint density at radius 2 is 1.95 bits per heavy atom. The first-order chi connectivity index (χ1) is 9.74. The summed E-state index contributed by atoms with van der Waals surface area (Å²) in [6, 6.07) is 14.1. The van der Waals surface area contributed by atoms with Crippen LogP contribution in [0.25, 0.3) is 5.69 Å². The van der Waals surface area contributed by atoms with Gasteiger partial charge in [0.05, 0.1) is 11.6 Å². The Hall–Kier alpha value is -2.05. The molecule has 1 aromatic heterocycles. The van der Waals surface area contributed by atoms with Crippen LogP contribution >= 0.6 is 0 Å². The van der Waals surface area contributed by atoms with E-state index in [-0.39, 0.29) is 0 Å². The summed E-state index contributed by atoms with van der Waals surface area (Å²) in [5, 5.41) is 8.85. The smallest absolute Gasteiger partial charge is 0.0991 e. The second kappa shape index (κ2) is 6.93. The molecule has 3 nitrogen and oxygen atoms in total. The predicted octanol–water partition coefficient (Wildman–Crippen LogP) is 3.58. The first-order valence-corrected chi connectivity index (χ1v) is 7.10. The summed E-state index contributed by atoms with van der Waals surface area (Å²) in [4.78, 5) is 2.35. The number of hydrogen-bond donors (Lipinski definition) is 0. The highest BCUT2D eigenvalue weighted by Gasteiger charge is 2.06. The Morgan fingerprint density at radius 3 is 2.60 bits per heavy atom. The zero-order valence-corrected chi connectivity index (χ0v) is 12.2. The van der Waals surface area contributed by atoms with Gasteiger partial charge in [0.2, 0.25) is 0 Å². The summed E-state index contributed by atoms with van der Waals surface area (Å²) in [7, 11) is 2.16. The summed E-state index contributed by atoms with van der Waals surface area (Å²) in [5.74, 6) is 0. The van der Waals surface area contributed by atoms with Crippen molar-refractivity contribution in [1.29, 1.82) is 5.26 Å². The molecule has 1 aromatic carbocycles. The molecule has 0 saturated heterocycles. The number of unbranched alkanes of at least 4 members (excludes halogenated alkanes) is 1. The van der Waals surface area contributed by atoms with E-state index in [1.807, 2.05) is 24.3 Å². The fraction of sp³-hybridized carbons (Fsp3) is 0.353. The fourth-order valence-electron chi connectivity index (χ4n) is 2.28. The molecule has 0 N–H and O–H groups in total. The lowest BCUT2D eigenvalue weighted by molar-refractivity contribution is 0.315. The van der Waals surface area contributed by atoms with Crippen LogP contribution in [0, 0.1) is 11.3 Å². The van der Waals surface area contributed by atoms with Gasteiger partial charge in [0, 0.05) is 24.1 Å². The molecule has 0 bridgehead atoms.